The Morgan fingerprint density at radius 2 is 1.93 bits per heavy atom. The van der Waals surface area contributed by atoms with Gasteiger partial charge in [-0.05, 0) is 6.42 Å². The van der Waals surface area contributed by atoms with Gasteiger partial charge in [0.05, 0.1) is 7.11 Å². The van der Waals surface area contributed by atoms with E-state index in [0.717, 1.165) is 6.42 Å². The summed E-state index contributed by atoms with van der Waals surface area (Å²) in [7, 11) is 1.30. The second-order valence-electron chi connectivity index (χ2n) is 3.83. The Balaban J connectivity index is 3.80. The summed E-state index contributed by atoms with van der Waals surface area (Å²) in [5.74, 6) is 0.163. The molecule has 1 amide bonds. The number of nitrogens with one attached hydrogen (secondary N) is 1. The van der Waals surface area contributed by atoms with E-state index in [4.69, 9.17) is 0 Å². The molecule has 0 unspecified atom stereocenters. The Bertz CT molecular complexity index is 211. The minimum atomic E-state index is -0.493. The van der Waals surface area contributed by atoms with Crippen LogP contribution in [0.15, 0.2) is 0 Å². The van der Waals surface area contributed by atoms with Gasteiger partial charge in [0.15, 0.2) is 0 Å². The van der Waals surface area contributed by atoms with Crippen LogP contribution < -0.4 is 5.32 Å². The summed E-state index contributed by atoms with van der Waals surface area (Å²) in [5.41, 5.74) is -0.294. The molecule has 0 aromatic rings. The summed E-state index contributed by atoms with van der Waals surface area (Å²) in [4.78, 5) is 22.2. The van der Waals surface area contributed by atoms with Gasteiger partial charge in [-0.15, -0.1) is 0 Å². The zero-order valence-electron chi connectivity index (χ0n) is 9.35. The molecule has 4 heteroatoms. The molecule has 0 aliphatic carbocycles. The fourth-order valence-corrected chi connectivity index (χ4v) is 0.886. The number of hydrogen-bond acceptors (Lipinski definition) is 3. The van der Waals surface area contributed by atoms with E-state index >= 15 is 0 Å². The van der Waals surface area contributed by atoms with E-state index in [0.29, 0.717) is 13.0 Å². The maximum atomic E-state index is 11.6. The predicted octanol–water partition coefficient (Wildman–Crippen LogP) is 1.74. The Hall–Kier alpha value is -1.06. The predicted molar refractivity (Wildman–Crippen MR) is 54.1 cm³/mol. The summed E-state index contributed by atoms with van der Waals surface area (Å²) in [6, 6.07) is 0. The molecule has 0 rings (SSSR count). The highest BCUT2D eigenvalue weighted by molar-refractivity contribution is 5.84. The topological polar surface area (TPSA) is 55.4 Å². The van der Waals surface area contributed by atoms with Crippen LogP contribution in [0.2, 0.25) is 0 Å². The lowest BCUT2D eigenvalue weighted by Gasteiger charge is -2.20. The Labute approximate surface area is 85.0 Å². The van der Waals surface area contributed by atoms with Crippen molar-refractivity contribution in [1.29, 1.82) is 0 Å². The van der Waals surface area contributed by atoms with Gasteiger partial charge in [-0.25, -0.2) is 4.79 Å². The third kappa shape index (κ3) is 4.25. The molecule has 0 aromatic carbocycles. The fourth-order valence-electron chi connectivity index (χ4n) is 0.886. The van der Waals surface area contributed by atoms with Gasteiger partial charge in [0.2, 0.25) is 0 Å². The van der Waals surface area contributed by atoms with E-state index in [-0.39, 0.29) is 11.2 Å². The minimum Gasteiger partial charge on any atom is -0.453 e. The van der Waals surface area contributed by atoms with Gasteiger partial charge in [-0.3, -0.25) is 4.79 Å². The highest BCUT2D eigenvalue weighted by Gasteiger charge is 2.24. The van der Waals surface area contributed by atoms with Crippen LogP contribution in [0.3, 0.4) is 0 Å². The van der Waals surface area contributed by atoms with Crippen molar-refractivity contribution in [3.63, 3.8) is 0 Å². The van der Waals surface area contributed by atoms with Gasteiger partial charge in [0.25, 0.3) is 0 Å². The summed E-state index contributed by atoms with van der Waals surface area (Å²) >= 11 is 0. The molecule has 0 aliphatic rings. The van der Waals surface area contributed by atoms with Crippen molar-refractivity contribution < 1.29 is 14.3 Å². The Morgan fingerprint density at radius 1 is 1.36 bits per heavy atom. The lowest BCUT2D eigenvalue weighted by atomic mass is 9.84. The standard InChI is InChI=1S/C10H19NO3/c1-5-10(2,3)8(12)6-7-11-9(13)14-4/h5-7H2,1-4H3,(H,11,13). The summed E-state index contributed by atoms with van der Waals surface area (Å²) in [5, 5.41) is 2.48. The van der Waals surface area contributed by atoms with Crippen LogP contribution in [-0.4, -0.2) is 25.5 Å². The largest absolute Gasteiger partial charge is 0.453 e. The number of Topliss-reactive ketones (excluding diaryl/α,β-unsaturated/α-hetero) is 1. The number of alkyl carbamates (subject to hydrolysis) is 1. The number of rotatable bonds is 5. The van der Waals surface area contributed by atoms with Crippen LogP contribution in [0.5, 0.6) is 0 Å². The van der Waals surface area contributed by atoms with E-state index in [1.165, 1.54) is 7.11 Å². The number of carbonyl (C=O) groups excluding carboxylic acids is 2. The first kappa shape index (κ1) is 12.9. The molecule has 82 valence electrons. The lowest BCUT2D eigenvalue weighted by molar-refractivity contribution is -0.127. The summed E-state index contributed by atoms with van der Waals surface area (Å²) < 4.78 is 4.38. The van der Waals surface area contributed by atoms with Gasteiger partial charge in [-0.1, -0.05) is 20.8 Å². The average Bonchev–Trinajstić information content (AvgIpc) is 2.17. The van der Waals surface area contributed by atoms with Crippen LogP contribution in [0, 0.1) is 5.41 Å². The molecule has 0 fully saturated rings. The van der Waals surface area contributed by atoms with E-state index in [2.05, 4.69) is 10.1 Å². The fraction of sp³-hybridized carbons (Fsp3) is 0.800. The molecule has 0 saturated heterocycles. The van der Waals surface area contributed by atoms with Crippen molar-refractivity contribution in [3.8, 4) is 0 Å². The van der Waals surface area contributed by atoms with Crippen molar-refractivity contribution in [2.24, 2.45) is 5.41 Å². The van der Waals surface area contributed by atoms with Crippen LogP contribution in [0.4, 0.5) is 4.79 Å². The maximum absolute atomic E-state index is 11.6. The van der Waals surface area contributed by atoms with Crippen molar-refractivity contribution in [1.82, 2.24) is 5.32 Å². The molecule has 0 aromatic heterocycles. The number of ketones is 1. The van der Waals surface area contributed by atoms with Crippen LogP contribution in [0.25, 0.3) is 0 Å². The normalized spacial score (nSPS) is 10.9. The van der Waals surface area contributed by atoms with E-state index < -0.39 is 6.09 Å². The minimum absolute atomic E-state index is 0.163. The van der Waals surface area contributed by atoms with Gasteiger partial charge in [0, 0.05) is 18.4 Å². The molecular weight excluding hydrogens is 182 g/mol. The molecule has 0 radical (unpaired) electrons. The van der Waals surface area contributed by atoms with Crippen LogP contribution in [-0.2, 0) is 9.53 Å². The maximum Gasteiger partial charge on any atom is 0.406 e. The van der Waals surface area contributed by atoms with Crippen molar-refractivity contribution >= 4 is 11.9 Å². The zero-order valence-corrected chi connectivity index (χ0v) is 9.35. The van der Waals surface area contributed by atoms with Gasteiger partial charge in [0.1, 0.15) is 5.78 Å². The monoisotopic (exact) mass is 201 g/mol. The summed E-state index contributed by atoms with van der Waals surface area (Å²) in [6.07, 6.45) is 0.673. The third-order valence-corrected chi connectivity index (χ3v) is 2.45. The first-order valence-electron chi connectivity index (χ1n) is 4.79. The second-order valence-corrected chi connectivity index (χ2v) is 3.83. The molecule has 4 nitrogen and oxygen atoms in total. The molecule has 0 saturated carbocycles. The summed E-state index contributed by atoms with van der Waals surface area (Å²) in [6.45, 7) is 6.14. The number of carbonyl (C=O) groups is 2. The van der Waals surface area contributed by atoms with Gasteiger partial charge in [-0.2, -0.15) is 0 Å². The third-order valence-electron chi connectivity index (χ3n) is 2.45. The van der Waals surface area contributed by atoms with E-state index in [1.807, 2.05) is 20.8 Å². The average molecular weight is 201 g/mol. The first-order chi connectivity index (χ1) is 6.44. The SMILES string of the molecule is CCC(C)(C)C(=O)CCNC(=O)OC. The molecule has 0 bridgehead atoms. The molecular formula is C10H19NO3. The molecule has 0 spiro atoms. The quantitative estimate of drug-likeness (QED) is 0.737. The molecule has 14 heavy (non-hydrogen) atoms. The van der Waals surface area contributed by atoms with Gasteiger partial charge < -0.3 is 10.1 Å². The number of methoxy groups -OCH3 is 1. The van der Waals surface area contributed by atoms with Crippen molar-refractivity contribution in [2.45, 2.75) is 33.6 Å². The zero-order chi connectivity index (χ0) is 11.2. The smallest absolute Gasteiger partial charge is 0.406 e. The highest BCUT2D eigenvalue weighted by atomic mass is 16.5. The van der Waals surface area contributed by atoms with E-state index in [9.17, 15) is 9.59 Å². The highest BCUT2D eigenvalue weighted by Crippen LogP contribution is 2.22. The number of amides is 1. The number of hydrogen-bond donors (Lipinski definition) is 1. The van der Waals surface area contributed by atoms with Crippen molar-refractivity contribution in [2.75, 3.05) is 13.7 Å². The van der Waals surface area contributed by atoms with Crippen LogP contribution in [0.1, 0.15) is 33.6 Å². The Kier molecular flexibility index (Phi) is 5.20. The second kappa shape index (κ2) is 5.62. The van der Waals surface area contributed by atoms with Crippen LogP contribution >= 0.6 is 0 Å². The molecule has 0 aliphatic heterocycles. The Morgan fingerprint density at radius 3 is 2.36 bits per heavy atom. The lowest BCUT2D eigenvalue weighted by Crippen LogP contribution is -2.30. The molecule has 0 heterocycles. The van der Waals surface area contributed by atoms with Crippen molar-refractivity contribution in [3.05, 3.63) is 0 Å². The van der Waals surface area contributed by atoms with Gasteiger partial charge >= 0.3 is 6.09 Å². The molecule has 1 N–H and O–H groups in total. The number of ether oxygens (including phenoxy) is 1. The first-order valence-corrected chi connectivity index (χ1v) is 4.79. The molecule has 0 atom stereocenters. The van der Waals surface area contributed by atoms with E-state index in [1.54, 1.807) is 0 Å².